The largest absolute Gasteiger partial charge is 0.452 e. The fourth-order valence-electron chi connectivity index (χ4n) is 5.46. The number of rotatable bonds is 8. The van der Waals surface area contributed by atoms with E-state index in [2.05, 4.69) is 34.5 Å². The van der Waals surface area contributed by atoms with Crippen LogP contribution < -0.4 is 5.32 Å². The molecule has 1 aliphatic rings. The lowest BCUT2D eigenvalue weighted by Crippen LogP contribution is -2.32. The Hall–Kier alpha value is -4.81. The highest BCUT2D eigenvalue weighted by molar-refractivity contribution is 6.06. The van der Waals surface area contributed by atoms with Gasteiger partial charge < -0.3 is 10.1 Å². The number of nitrogens with one attached hydrogen (secondary N) is 1. The van der Waals surface area contributed by atoms with Gasteiger partial charge in [-0.3, -0.25) is 14.7 Å². The van der Waals surface area contributed by atoms with Crippen molar-refractivity contribution in [1.82, 2.24) is 9.88 Å². The van der Waals surface area contributed by atoms with Crippen molar-refractivity contribution >= 4 is 28.5 Å². The Bertz CT molecular complexity index is 1690. The number of para-hydroxylation sites is 2. The minimum atomic E-state index is -0.505. The zero-order valence-corrected chi connectivity index (χ0v) is 22.8. The summed E-state index contributed by atoms with van der Waals surface area (Å²) in [6, 6.07) is 35.7. The predicted octanol–water partition coefficient (Wildman–Crippen LogP) is 6.18. The summed E-state index contributed by atoms with van der Waals surface area (Å²) in [4.78, 5) is 33.8. The van der Waals surface area contributed by atoms with E-state index in [-0.39, 0.29) is 12.5 Å². The maximum atomic E-state index is 13.6. The molecule has 1 N–H and O–H groups in total. The number of nitrogens with zero attached hydrogens (tertiary/aromatic N) is 2. The fourth-order valence-corrected chi connectivity index (χ4v) is 5.46. The first-order chi connectivity index (χ1) is 20.1. The first kappa shape index (κ1) is 26.4. The van der Waals surface area contributed by atoms with Gasteiger partial charge in [0.2, 0.25) is 0 Å². The van der Waals surface area contributed by atoms with E-state index < -0.39 is 5.97 Å². The molecule has 0 saturated carbocycles. The third-order valence-corrected chi connectivity index (χ3v) is 7.44. The lowest BCUT2D eigenvalue weighted by molar-refractivity contribution is -0.119. The molecular weight excluding hydrogens is 510 g/mol. The Balaban J connectivity index is 1.19. The zero-order valence-electron chi connectivity index (χ0n) is 22.8. The average Bonchev–Trinajstić information content (AvgIpc) is 3.01. The maximum absolute atomic E-state index is 13.6. The van der Waals surface area contributed by atoms with Crippen LogP contribution in [0, 0.1) is 0 Å². The molecule has 0 spiro atoms. The molecule has 2 heterocycles. The number of aromatic nitrogens is 1. The number of ether oxygens (including phenoxy) is 1. The van der Waals surface area contributed by atoms with Crippen LogP contribution >= 0.6 is 0 Å². The zero-order chi connectivity index (χ0) is 28.0. The molecule has 41 heavy (non-hydrogen) atoms. The predicted molar refractivity (Wildman–Crippen MR) is 161 cm³/mol. The van der Waals surface area contributed by atoms with Crippen LogP contribution in [0.25, 0.3) is 10.9 Å². The molecule has 1 amide bonds. The lowest BCUT2D eigenvalue weighted by atomic mass is 9.95. The first-order valence-corrected chi connectivity index (χ1v) is 13.9. The first-order valence-electron chi connectivity index (χ1n) is 13.9. The Kier molecular flexibility index (Phi) is 7.83. The van der Waals surface area contributed by atoms with Crippen molar-refractivity contribution in [1.29, 1.82) is 0 Å². The molecule has 6 rings (SSSR count). The van der Waals surface area contributed by atoms with Crippen LogP contribution in [0.3, 0.4) is 0 Å². The van der Waals surface area contributed by atoms with E-state index in [9.17, 15) is 9.59 Å². The van der Waals surface area contributed by atoms with E-state index in [0.29, 0.717) is 24.2 Å². The van der Waals surface area contributed by atoms with Crippen molar-refractivity contribution in [3.63, 3.8) is 0 Å². The second kappa shape index (κ2) is 12.1. The highest BCUT2D eigenvalue weighted by Crippen LogP contribution is 2.29. The second-order valence-corrected chi connectivity index (χ2v) is 10.3. The minimum Gasteiger partial charge on any atom is -0.452 e. The van der Waals surface area contributed by atoms with Crippen LogP contribution in [0.1, 0.15) is 38.3 Å². The van der Waals surface area contributed by atoms with Gasteiger partial charge in [0.1, 0.15) is 0 Å². The molecule has 0 saturated heterocycles. The molecule has 4 aromatic carbocycles. The van der Waals surface area contributed by atoms with E-state index in [0.717, 1.165) is 52.8 Å². The molecule has 6 nitrogen and oxygen atoms in total. The molecule has 0 radical (unpaired) electrons. The van der Waals surface area contributed by atoms with Gasteiger partial charge in [-0.2, -0.15) is 0 Å². The molecule has 0 unspecified atom stereocenters. The summed E-state index contributed by atoms with van der Waals surface area (Å²) >= 11 is 0. The molecule has 0 atom stereocenters. The molecular formula is C35H31N3O3. The van der Waals surface area contributed by atoms with Crippen molar-refractivity contribution < 1.29 is 14.3 Å². The molecule has 6 heteroatoms. The van der Waals surface area contributed by atoms with Crippen LogP contribution in [0.2, 0.25) is 0 Å². The Morgan fingerprint density at radius 1 is 0.805 bits per heavy atom. The van der Waals surface area contributed by atoms with Crippen molar-refractivity contribution in [3.05, 3.63) is 143 Å². The van der Waals surface area contributed by atoms with E-state index in [1.165, 1.54) is 5.56 Å². The molecule has 0 bridgehead atoms. The number of anilines is 1. The van der Waals surface area contributed by atoms with E-state index in [1.807, 2.05) is 84.9 Å². The Morgan fingerprint density at radius 2 is 1.49 bits per heavy atom. The monoisotopic (exact) mass is 541 g/mol. The number of pyridine rings is 1. The maximum Gasteiger partial charge on any atom is 0.339 e. The number of esters is 1. The van der Waals surface area contributed by atoms with Gasteiger partial charge in [0.15, 0.2) is 6.61 Å². The molecule has 0 aliphatic carbocycles. The standard InChI is InChI=1S/C35H31N3O3/c39-33(37-30-17-9-7-15-27(30)21-25-11-3-1-4-12-25)24-41-35(40)34-28-16-8-10-18-31(28)36-32-19-20-38(23-29(32)34)22-26-13-5-2-6-14-26/h1-18H,19-24H2,(H,37,39). The summed E-state index contributed by atoms with van der Waals surface area (Å²) in [5.74, 6) is -0.883. The van der Waals surface area contributed by atoms with Crippen molar-refractivity contribution in [3.8, 4) is 0 Å². The Morgan fingerprint density at radius 3 is 2.29 bits per heavy atom. The van der Waals surface area contributed by atoms with Gasteiger partial charge >= 0.3 is 5.97 Å². The third kappa shape index (κ3) is 6.18. The highest BCUT2D eigenvalue weighted by atomic mass is 16.5. The SMILES string of the molecule is O=C(COC(=O)c1c2c(nc3ccccc13)CCN(Cc1ccccc1)C2)Nc1ccccc1Cc1ccccc1. The number of benzene rings is 4. The van der Waals surface area contributed by atoms with Crippen LogP contribution in [0.4, 0.5) is 5.69 Å². The van der Waals surface area contributed by atoms with Crippen molar-refractivity contribution in [2.24, 2.45) is 0 Å². The normalized spacial score (nSPS) is 13.0. The van der Waals surface area contributed by atoms with Crippen molar-refractivity contribution in [2.75, 3.05) is 18.5 Å². The fraction of sp³-hybridized carbons (Fsp3) is 0.171. The van der Waals surface area contributed by atoms with Crippen molar-refractivity contribution in [2.45, 2.75) is 25.9 Å². The van der Waals surface area contributed by atoms with Gasteiger partial charge in [-0.15, -0.1) is 0 Å². The number of hydrogen-bond acceptors (Lipinski definition) is 5. The third-order valence-electron chi connectivity index (χ3n) is 7.44. The Labute approximate surface area is 239 Å². The summed E-state index contributed by atoms with van der Waals surface area (Å²) < 4.78 is 5.65. The summed E-state index contributed by atoms with van der Waals surface area (Å²) in [6.07, 6.45) is 1.43. The van der Waals surface area contributed by atoms with E-state index in [4.69, 9.17) is 9.72 Å². The van der Waals surface area contributed by atoms with Gasteiger partial charge in [-0.05, 0) is 35.2 Å². The number of carbonyl (C=O) groups is 2. The summed E-state index contributed by atoms with van der Waals surface area (Å²) in [6.45, 7) is 1.85. The summed E-state index contributed by atoms with van der Waals surface area (Å²) in [5, 5.41) is 3.68. The molecule has 5 aromatic rings. The van der Waals surface area contributed by atoms with Gasteiger partial charge in [-0.25, -0.2) is 4.79 Å². The summed E-state index contributed by atoms with van der Waals surface area (Å²) in [5.41, 5.74) is 7.12. The van der Waals surface area contributed by atoms with E-state index in [1.54, 1.807) is 0 Å². The topological polar surface area (TPSA) is 71.5 Å². The number of amides is 1. The van der Waals surface area contributed by atoms with E-state index >= 15 is 0 Å². The number of carbonyl (C=O) groups excluding carboxylic acids is 2. The van der Waals surface area contributed by atoms with Crippen LogP contribution in [-0.2, 0) is 35.5 Å². The van der Waals surface area contributed by atoms with Gasteiger partial charge in [0, 0.05) is 48.4 Å². The lowest BCUT2D eigenvalue weighted by Gasteiger charge is -2.30. The number of fused-ring (bicyclic) bond motifs is 2. The van der Waals surface area contributed by atoms with Crippen LogP contribution in [0.5, 0.6) is 0 Å². The highest BCUT2D eigenvalue weighted by Gasteiger charge is 2.27. The molecule has 1 aliphatic heterocycles. The molecule has 1 aromatic heterocycles. The van der Waals surface area contributed by atoms with Gasteiger partial charge in [-0.1, -0.05) is 97.1 Å². The quantitative estimate of drug-likeness (QED) is 0.238. The van der Waals surface area contributed by atoms with Gasteiger partial charge in [0.05, 0.1) is 11.1 Å². The molecule has 204 valence electrons. The minimum absolute atomic E-state index is 0.377. The van der Waals surface area contributed by atoms with Crippen LogP contribution in [-0.4, -0.2) is 34.9 Å². The van der Waals surface area contributed by atoms with Gasteiger partial charge in [0.25, 0.3) is 5.91 Å². The second-order valence-electron chi connectivity index (χ2n) is 10.3. The summed E-state index contributed by atoms with van der Waals surface area (Å²) in [7, 11) is 0. The average molecular weight is 542 g/mol. The number of hydrogen-bond donors (Lipinski definition) is 1. The molecule has 0 fully saturated rings. The smallest absolute Gasteiger partial charge is 0.339 e. The van der Waals surface area contributed by atoms with Crippen LogP contribution in [0.15, 0.2) is 109 Å².